The summed E-state index contributed by atoms with van der Waals surface area (Å²) in [6.45, 7) is 10.9. The van der Waals surface area contributed by atoms with E-state index in [1.165, 1.54) is 11.1 Å². The molecule has 1 saturated heterocycles. The molecule has 0 atom stereocenters. The minimum absolute atomic E-state index is 0.0645. The summed E-state index contributed by atoms with van der Waals surface area (Å²) in [6.07, 6.45) is 0. The van der Waals surface area contributed by atoms with E-state index >= 15 is 0 Å². The standard InChI is InChI=1S/C25H28ClN5O/c1-16-5-10-22(15-17(16)2)28-25(32)31-13-11-30(12-14-31)24-18(3)19(4)27-23(29-24)20-6-8-21(26)9-7-20/h5-10,15H,11-14H2,1-4H3,(H,28,32). The molecular weight excluding hydrogens is 422 g/mol. The summed E-state index contributed by atoms with van der Waals surface area (Å²) >= 11 is 6.03. The van der Waals surface area contributed by atoms with Crippen molar-refractivity contribution in [1.29, 1.82) is 0 Å². The van der Waals surface area contributed by atoms with Crippen molar-refractivity contribution in [2.45, 2.75) is 27.7 Å². The highest BCUT2D eigenvalue weighted by Gasteiger charge is 2.24. The van der Waals surface area contributed by atoms with Crippen LogP contribution in [0.2, 0.25) is 5.02 Å². The van der Waals surface area contributed by atoms with Crippen LogP contribution in [0.1, 0.15) is 22.4 Å². The molecule has 2 aromatic carbocycles. The van der Waals surface area contributed by atoms with E-state index < -0.39 is 0 Å². The maximum absolute atomic E-state index is 12.8. The maximum atomic E-state index is 12.8. The van der Waals surface area contributed by atoms with Crippen LogP contribution in [-0.2, 0) is 0 Å². The number of amides is 2. The number of hydrogen-bond acceptors (Lipinski definition) is 4. The van der Waals surface area contributed by atoms with E-state index in [0.29, 0.717) is 23.9 Å². The molecule has 1 aliphatic heterocycles. The molecule has 0 saturated carbocycles. The van der Waals surface area contributed by atoms with E-state index in [0.717, 1.165) is 41.4 Å². The molecule has 3 aromatic rings. The lowest BCUT2D eigenvalue weighted by atomic mass is 10.1. The average molecular weight is 450 g/mol. The van der Waals surface area contributed by atoms with Gasteiger partial charge in [-0.2, -0.15) is 0 Å². The smallest absolute Gasteiger partial charge is 0.321 e. The van der Waals surface area contributed by atoms with Gasteiger partial charge in [-0.05, 0) is 75.2 Å². The fourth-order valence-corrected chi connectivity index (χ4v) is 3.92. The van der Waals surface area contributed by atoms with Gasteiger partial charge in [-0.3, -0.25) is 0 Å². The Morgan fingerprint density at radius 2 is 1.59 bits per heavy atom. The molecule has 0 spiro atoms. The van der Waals surface area contributed by atoms with E-state index in [2.05, 4.69) is 29.0 Å². The molecule has 32 heavy (non-hydrogen) atoms. The largest absolute Gasteiger partial charge is 0.353 e. The molecule has 0 unspecified atom stereocenters. The minimum Gasteiger partial charge on any atom is -0.353 e. The lowest BCUT2D eigenvalue weighted by Gasteiger charge is -2.36. The van der Waals surface area contributed by atoms with Crippen LogP contribution >= 0.6 is 11.6 Å². The number of aryl methyl sites for hydroxylation is 3. The number of piperazine rings is 1. The molecule has 2 amide bonds. The Morgan fingerprint density at radius 1 is 0.906 bits per heavy atom. The summed E-state index contributed by atoms with van der Waals surface area (Å²) in [5, 5.41) is 3.71. The number of carbonyl (C=O) groups excluding carboxylic acids is 1. The van der Waals surface area contributed by atoms with Crippen molar-refractivity contribution in [3.8, 4) is 11.4 Å². The highest BCUT2D eigenvalue weighted by atomic mass is 35.5. The van der Waals surface area contributed by atoms with Crippen molar-refractivity contribution in [3.05, 3.63) is 69.9 Å². The molecule has 7 heteroatoms. The van der Waals surface area contributed by atoms with E-state index in [-0.39, 0.29) is 6.03 Å². The third kappa shape index (κ3) is 4.70. The second-order valence-electron chi connectivity index (χ2n) is 8.29. The van der Waals surface area contributed by atoms with Gasteiger partial charge in [0.05, 0.1) is 0 Å². The summed E-state index contributed by atoms with van der Waals surface area (Å²) in [7, 11) is 0. The van der Waals surface area contributed by atoms with Crippen LogP contribution in [0.25, 0.3) is 11.4 Å². The Bertz CT molecular complexity index is 1140. The number of halogens is 1. The lowest BCUT2D eigenvalue weighted by molar-refractivity contribution is 0.208. The number of rotatable bonds is 3. The first-order valence-electron chi connectivity index (χ1n) is 10.8. The molecule has 1 aliphatic rings. The van der Waals surface area contributed by atoms with E-state index in [9.17, 15) is 4.79 Å². The van der Waals surface area contributed by atoms with Gasteiger partial charge in [0.15, 0.2) is 5.82 Å². The van der Waals surface area contributed by atoms with Gasteiger partial charge in [-0.1, -0.05) is 17.7 Å². The lowest BCUT2D eigenvalue weighted by Crippen LogP contribution is -2.50. The van der Waals surface area contributed by atoms with Gasteiger partial charge in [-0.25, -0.2) is 14.8 Å². The van der Waals surface area contributed by atoms with Crippen molar-refractivity contribution < 1.29 is 4.79 Å². The second-order valence-corrected chi connectivity index (χ2v) is 8.73. The van der Waals surface area contributed by atoms with Crippen LogP contribution < -0.4 is 10.2 Å². The zero-order chi connectivity index (χ0) is 22.8. The zero-order valence-corrected chi connectivity index (χ0v) is 19.7. The normalized spacial score (nSPS) is 13.9. The van der Waals surface area contributed by atoms with Gasteiger partial charge in [0.1, 0.15) is 5.82 Å². The van der Waals surface area contributed by atoms with Gasteiger partial charge in [0.25, 0.3) is 0 Å². The van der Waals surface area contributed by atoms with Crippen LogP contribution in [0.5, 0.6) is 0 Å². The number of benzene rings is 2. The number of nitrogens with one attached hydrogen (secondary N) is 1. The van der Waals surface area contributed by atoms with Crippen molar-refractivity contribution >= 4 is 29.1 Å². The molecule has 2 heterocycles. The SMILES string of the molecule is Cc1ccc(NC(=O)N2CCN(c3nc(-c4ccc(Cl)cc4)nc(C)c3C)CC2)cc1C. The third-order valence-electron chi connectivity index (χ3n) is 6.09. The first kappa shape index (κ1) is 22.1. The van der Waals surface area contributed by atoms with Crippen LogP contribution in [0.3, 0.4) is 0 Å². The van der Waals surface area contributed by atoms with Gasteiger partial charge in [0, 0.05) is 53.7 Å². The number of urea groups is 1. The van der Waals surface area contributed by atoms with E-state index in [1.807, 2.05) is 61.2 Å². The second kappa shape index (κ2) is 9.17. The quantitative estimate of drug-likeness (QED) is 0.582. The van der Waals surface area contributed by atoms with Crippen LogP contribution in [-0.4, -0.2) is 47.1 Å². The minimum atomic E-state index is -0.0645. The first-order chi connectivity index (χ1) is 15.3. The van der Waals surface area contributed by atoms with E-state index in [1.54, 1.807) is 0 Å². The number of hydrogen-bond donors (Lipinski definition) is 1. The molecule has 1 fully saturated rings. The Balaban J connectivity index is 1.46. The molecule has 0 bridgehead atoms. The topological polar surface area (TPSA) is 61.4 Å². The predicted molar refractivity (Wildman–Crippen MR) is 131 cm³/mol. The Kier molecular flexibility index (Phi) is 6.33. The van der Waals surface area contributed by atoms with Crippen molar-refractivity contribution in [3.63, 3.8) is 0 Å². The fourth-order valence-electron chi connectivity index (χ4n) is 3.79. The van der Waals surface area contributed by atoms with Crippen LogP contribution in [0.4, 0.5) is 16.3 Å². The molecule has 1 N–H and O–H groups in total. The fraction of sp³-hybridized carbons (Fsp3) is 0.320. The molecule has 166 valence electrons. The monoisotopic (exact) mass is 449 g/mol. The molecule has 0 radical (unpaired) electrons. The number of anilines is 2. The highest BCUT2D eigenvalue weighted by Crippen LogP contribution is 2.26. The highest BCUT2D eigenvalue weighted by molar-refractivity contribution is 6.30. The van der Waals surface area contributed by atoms with Crippen LogP contribution in [0.15, 0.2) is 42.5 Å². The molecule has 6 nitrogen and oxygen atoms in total. The maximum Gasteiger partial charge on any atom is 0.321 e. The van der Waals surface area contributed by atoms with Crippen LogP contribution in [0, 0.1) is 27.7 Å². The Morgan fingerprint density at radius 3 is 2.25 bits per heavy atom. The first-order valence-corrected chi connectivity index (χ1v) is 11.2. The summed E-state index contributed by atoms with van der Waals surface area (Å²) in [5.41, 5.74) is 6.16. The Labute approximate surface area is 194 Å². The number of aromatic nitrogens is 2. The molecule has 1 aromatic heterocycles. The van der Waals surface area contributed by atoms with Gasteiger partial charge in [-0.15, -0.1) is 0 Å². The number of nitrogens with zero attached hydrogens (tertiary/aromatic N) is 4. The molecule has 4 rings (SSSR count). The Hall–Kier alpha value is -3.12. The van der Waals surface area contributed by atoms with Gasteiger partial charge < -0.3 is 15.1 Å². The van der Waals surface area contributed by atoms with Crippen molar-refractivity contribution in [2.75, 3.05) is 36.4 Å². The average Bonchev–Trinajstić information content (AvgIpc) is 2.79. The zero-order valence-electron chi connectivity index (χ0n) is 18.9. The van der Waals surface area contributed by atoms with E-state index in [4.69, 9.17) is 16.6 Å². The summed E-state index contributed by atoms with van der Waals surface area (Å²) in [4.78, 5) is 26.4. The summed E-state index contributed by atoms with van der Waals surface area (Å²) < 4.78 is 0. The summed E-state index contributed by atoms with van der Waals surface area (Å²) in [6, 6.07) is 13.5. The third-order valence-corrected chi connectivity index (χ3v) is 6.34. The molecule has 0 aliphatic carbocycles. The van der Waals surface area contributed by atoms with Gasteiger partial charge in [0.2, 0.25) is 0 Å². The van der Waals surface area contributed by atoms with Gasteiger partial charge >= 0.3 is 6.03 Å². The van der Waals surface area contributed by atoms with Crippen molar-refractivity contribution in [2.24, 2.45) is 0 Å². The molecular formula is C25H28ClN5O. The summed E-state index contributed by atoms with van der Waals surface area (Å²) in [5.74, 6) is 1.62. The van der Waals surface area contributed by atoms with Crippen molar-refractivity contribution in [1.82, 2.24) is 14.9 Å². The predicted octanol–water partition coefficient (Wildman–Crippen LogP) is 5.38. The number of carbonyl (C=O) groups is 1.